The number of allylic oxidation sites excluding steroid dienone is 6. The SMILES string of the molecule is COc1cc(O)ccc1[C@H]1C2=CC[C@@H]3C(=O)N(CCCC(=O)O)C(=O)[C@@H]3[C@@H]2CC2=C1C(=O)C(C)=CC2=O. The molecular weight excluding hydrogens is 478 g/mol. The number of carboxylic acid groups (broad SMARTS) is 1. The predicted octanol–water partition coefficient (Wildman–Crippen LogP) is 2.70. The molecule has 0 aromatic heterocycles. The summed E-state index contributed by atoms with van der Waals surface area (Å²) >= 11 is 0. The van der Waals surface area contributed by atoms with E-state index in [0.29, 0.717) is 34.5 Å². The van der Waals surface area contributed by atoms with E-state index in [4.69, 9.17) is 9.84 Å². The number of phenolic OH excluding ortho intramolecular Hbond substituents is 1. The Hall–Kier alpha value is -4.01. The normalized spacial score (nSPS) is 26.9. The number of carboxylic acids is 1. The summed E-state index contributed by atoms with van der Waals surface area (Å²) in [6.07, 6.45) is 3.70. The molecule has 1 aromatic carbocycles. The molecule has 1 heterocycles. The van der Waals surface area contributed by atoms with Crippen LogP contribution in [-0.4, -0.2) is 58.1 Å². The van der Waals surface area contributed by atoms with E-state index in [9.17, 15) is 29.1 Å². The molecule has 0 saturated carbocycles. The maximum absolute atomic E-state index is 13.5. The molecule has 5 rings (SSSR count). The number of aromatic hydroxyl groups is 1. The van der Waals surface area contributed by atoms with Gasteiger partial charge >= 0.3 is 5.97 Å². The second-order valence-electron chi connectivity index (χ2n) is 9.98. The highest BCUT2D eigenvalue weighted by Crippen LogP contribution is 2.56. The number of aliphatic carboxylic acids is 1. The Bertz CT molecular complexity index is 1350. The number of nitrogens with zero attached hydrogens (tertiary/aromatic N) is 1. The molecule has 0 spiro atoms. The van der Waals surface area contributed by atoms with Crippen molar-refractivity contribution in [2.24, 2.45) is 17.8 Å². The van der Waals surface area contributed by atoms with Gasteiger partial charge in [0.1, 0.15) is 11.5 Å². The van der Waals surface area contributed by atoms with Crippen LogP contribution in [0.15, 0.2) is 52.6 Å². The first-order chi connectivity index (χ1) is 17.6. The number of amides is 2. The second kappa shape index (κ2) is 9.14. The number of carbonyl (C=O) groups is 5. The number of likely N-dealkylation sites (tertiary alicyclic amines) is 1. The van der Waals surface area contributed by atoms with E-state index in [1.807, 2.05) is 6.08 Å². The van der Waals surface area contributed by atoms with Crippen molar-refractivity contribution in [1.29, 1.82) is 0 Å². The zero-order valence-corrected chi connectivity index (χ0v) is 20.5. The van der Waals surface area contributed by atoms with E-state index < -0.39 is 29.6 Å². The van der Waals surface area contributed by atoms with Crippen molar-refractivity contribution >= 4 is 29.4 Å². The molecule has 192 valence electrons. The topological polar surface area (TPSA) is 138 Å². The number of phenols is 1. The predicted molar refractivity (Wildman–Crippen MR) is 130 cm³/mol. The summed E-state index contributed by atoms with van der Waals surface area (Å²) in [4.78, 5) is 65.4. The third-order valence-electron chi connectivity index (χ3n) is 7.96. The molecule has 0 bridgehead atoms. The van der Waals surface area contributed by atoms with Gasteiger partial charge < -0.3 is 14.9 Å². The first-order valence-corrected chi connectivity index (χ1v) is 12.3. The third-order valence-corrected chi connectivity index (χ3v) is 7.96. The van der Waals surface area contributed by atoms with Crippen molar-refractivity contribution in [1.82, 2.24) is 4.90 Å². The van der Waals surface area contributed by atoms with E-state index in [1.54, 1.807) is 13.0 Å². The van der Waals surface area contributed by atoms with Gasteiger partial charge in [0, 0.05) is 47.2 Å². The summed E-state index contributed by atoms with van der Waals surface area (Å²) in [6, 6.07) is 4.59. The molecule has 4 atom stereocenters. The maximum Gasteiger partial charge on any atom is 0.303 e. The van der Waals surface area contributed by atoms with Gasteiger partial charge in [-0.15, -0.1) is 0 Å². The van der Waals surface area contributed by atoms with Crippen molar-refractivity contribution in [3.8, 4) is 11.5 Å². The van der Waals surface area contributed by atoms with Crippen LogP contribution in [0.2, 0.25) is 0 Å². The van der Waals surface area contributed by atoms with Gasteiger partial charge in [-0.1, -0.05) is 17.7 Å². The zero-order valence-electron chi connectivity index (χ0n) is 20.5. The van der Waals surface area contributed by atoms with Crippen LogP contribution >= 0.6 is 0 Å². The Labute approximate surface area is 213 Å². The summed E-state index contributed by atoms with van der Waals surface area (Å²) in [5.74, 6) is -4.34. The van der Waals surface area contributed by atoms with Gasteiger partial charge in [0.15, 0.2) is 11.6 Å². The van der Waals surface area contributed by atoms with Crippen LogP contribution in [0.1, 0.15) is 44.1 Å². The Kier molecular flexibility index (Phi) is 6.09. The van der Waals surface area contributed by atoms with Gasteiger partial charge in [-0.3, -0.25) is 28.9 Å². The minimum absolute atomic E-state index is 0.0180. The standard InChI is InChI=1S/C28H27NO8/c1-13-10-20(31)19-12-18-15(23(25(19)26(13)34)16-6-5-14(30)11-21(16)37-2)7-8-17-24(18)28(36)29(27(17)35)9-3-4-22(32)33/h5-7,10-11,17-18,23-24,30H,3-4,8-9,12H2,1-2H3,(H,32,33)/t17-,18+,23+,24-/m0/s1. The van der Waals surface area contributed by atoms with E-state index in [2.05, 4.69) is 0 Å². The fourth-order valence-electron chi connectivity index (χ4n) is 6.33. The lowest BCUT2D eigenvalue weighted by atomic mass is 9.59. The minimum Gasteiger partial charge on any atom is -0.508 e. The zero-order chi connectivity index (χ0) is 26.6. The fourth-order valence-corrected chi connectivity index (χ4v) is 6.33. The van der Waals surface area contributed by atoms with Crippen molar-refractivity contribution in [3.05, 3.63) is 58.2 Å². The van der Waals surface area contributed by atoms with Crippen molar-refractivity contribution in [2.45, 2.75) is 38.5 Å². The number of hydrogen-bond acceptors (Lipinski definition) is 7. The number of rotatable bonds is 6. The van der Waals surface area contributed by atoms with Gasteiger partial charge in [-0.25, -0.2) is 0 Å². The molecular formula is C28H27NO8. The number of benzene rings is 1. The molecule has 9 nitrogen and oxygen atoms in total. The molecule has 2 amide bonds. The van der Waals surface area contributed by atoms with Crippen LogP contribution in [0, 0.1) is 17.8 Å². The summed E-state index contributed by atoms with van der Waals surface area (Å²) in [5.41, 5.74) is 2.39. The van der Waals surface area contributed by atoms with Crippen LogP contribution in [0.3, 0.4) is 0 Å². The smallest absolute Gasteiger partial charge is 0.303 e. The highest BCUT2D eigenvalue weighted by Gasteiger charge is 2.56. The first kappa shape index (κ1) is 24.7. The van der Waals surface area contributed by atoms with E-state index in [0.717, 1.165) is 10.5 Å². The number of hydrogen-bond donors (Lipinski definition) is 2. The van der Waals surface area contributed by atoms with Crippen LogP contribution in [0.25, 0.3) is 0 Å². The Balaban J connectivity index is 1.61. The summed E-state index contributed by atoms with van der Waals surface area (Å²) in [6.45, 7) is 1.63. The average molecular weight is 506 g/mol. The molecule has 3 aliphatic carbocycles. The van der Waals surface area contributed by atoms with Crippen LogP contribution < -0.4 is 4.74 Å². The van der Waals surface area contributed by atoms with Crippen molar-refractivity contribution in [2.75, 3.05) is 13.7 Å². The Morgan fingerprint density at radius 3 is 2.59 bits per heavy atom. The lowest BCUT2D eigenvalue weighted by Gasteiger charge is -2.42. The van der Waals surface area contributed by atoms with Gasteiger partial charge in [0.2, 0.25) is 11.8 Å². The van der Waals surface area contributed by atoms with Gasteiger partial charge in [-0.05, 0) is 44.2 Å². The fraction of sp³-hybridized carbons (Fsp3) is 0.393. The number of fused-ring (bicyclic) bond motifs is 3. The Morgan fingerprint density at radius 2 is 1.89 bits per heavy atom. The summed E-state index contributed by atoms with van der Waals surface area (Å²) in [7, 11) is 1.45. The third kappa shape index (κ3) is 3.89. The van der Waals surface area contributed by atoms with Crippen LogP contribution in [0.4, 0.5) is 0 Å². The molecule has 1 aromatic rings. The quantitative estimate of drug-likeness (QED) is 0.342. The molecule has 0 radical (unpaired) electrons. The molecule has 1 saturated heterocycles. The number of ether oxygens (including phenoxy) is 1. The maximum atomic E-state index is 13.5. The van der Waals surface area contributed by atoms with Gasteiger partial charge in [0.25, 0.3) is 0 Å². The highest BCUT2D eigenvalue weighted by atomic mass is 16.5. The van der Waals surface area contributed by atoms with Crippen LogP contribution in [-0.2, 0) is 24.0 Å². The summed E-state index contributed by atoms with van der Waals surface area (Å²) < 4.78 is 5.54. The van der Waals surface area contributed by atoms with Gasteiger partial charge in [-0.2, -0.15) is 0 Å². The molecule has 9 heteroatoms. The number of carbonyl (C=O) groups excluding carboxylic acids is 4. The first-order valence-electron chi connectivity index (χ1n) is 12.3. The summed E-state index contributed by atoms with van der Waals surface area (Å²) in [5, 5.41) is 19.0. The largest absolute Gasteiger partial charge is 0.508 e. The number of Topliss-reactive ketones (excluding diaryl/α,β-unsaturated/α-hetero) is 1. The van der Waals surface area contributed by atoms with Crippen molar-refractivity contribution < 1.29 is 38.9 Å². The lowest BCUT2D eigenvalue weighted by Crippen LogP contribution is -2.40. The molecule has 4 aliphatic rings. The number of imide groups is 1. The lowest BCUT2D eigenvalue weighted by molar-refractivity contribution is -0.142. The number of methoxy groups -OCH3 is 1. The van der Waals surface area contributed by atoms with Crippen LogP contribution in [0.5, 0.6) is 11.5 Å². The van der Waals surface area contributed by atoms with E-state index in [1.165, 1.54) is 25.3 Å². The minimum atomic E-state index is -0.998. The molecule has 2 N–H and O–H groups in total. The van der Waals surface area contributed by atoms with E-state index >= 15 is 0 Å². The second-order valence-corrected chi connectivity index (χ2v) is 9.98. The molecule has 37 heavy (non-hydrogen) atoms. The molecule has 1 fully saturated rings. The molecule has 1 aliphatic heterocycles. The molecule has 0 unspecified atom stereocenters. The number of ketones is 2. The van der Waals surface area contributed by atoms with Gasteiger partial charge in [0.05, 0.1) is 18.9 Å². The average Bonchev–Trinajstić information content (AvgIpc) is 3.11. The van der Waals surface area contributed by atoms with E-state index in [-0.39, 0.29) is 54.9 Å². The monoisotopic (exact) mass is 505 g/mol. The van der Waals surface area contributed by atoms with Crippen molar-refractivity contribution in [3.63, 3.8) is 0 Å². The Morgan fingerprint density at radius 1 is 1.14 bits per heavy atom. The highest BCUT2D eigenvalue weighted by molar-refractivity contribution is 6.24.